The van der Waals surface area contributed by atoms with Gasteiger partial charge in [0.15, 0.2) is 16.7 Å². The number of carbonyl (C=O) groups excluding carboxylic acids is 1. The summed E-state index contributed by atoms with van der Waals surface area (Å²) in [4.78, 5) is 21.2. The van der Waals surface area contributed by atoms with Gasteiger partial charge in [0.05, 0.1) is 41.1 Å². The Balaban J connectivity index is 2.12. The molecule has 1 aromatic carbocycles. The highest BCUT2D eigenvalue weighted by molar-refractivity contribution is 7.99. The Morgan fingerprint density at radius 3 is 2.69 bits per heavy atom. The Bertz CT molecular complexity index is 1300. The number of nitrogens with zero attached hydrogens (tertiary/aromatic N) is 4. The Morgan fingerprint density at radius 1 is 1.31 bits per heavy atom. The molecule has 0 spiro atoms. The molecule has 0 bridgehead atoms. The number of ether oxygens (including phenoxy) is 3. The predicted molar refractivity (Wildman–Crippen MR) is 142 cm³/mol. The van der Waals surface area contributed by atoms with Gasteiger partial charge >= 0.3 is 5.97 Å². The van der Waals surface area contributed by atoms with Gasteiger partial charge in [0, 0.05) is 32.5 Å². The normalized spacial score (nSPS) is 11.5. The van der Waals surface area contributed by atoms with Crippen LogP contribution in [-0.4, -0.2) is 59.8 Å². The third kappa shape index (κ3) is 6.70. The molecule has 0 fully saturated rings. The lowest BCUT2D eigenvalue weighted by Crippen LogP contribution is -2.22. The third-order valence-electron chi connectivity index (χ3n) is 5.19. The van der Waals surface area contributed by atoms with Crippen LogP contribution < -0.4 is 4.74 Å². The van der Waals surface area contributed by atoms with Crippen LogP contribution in [0.3, 0.4) is 0 Å². The molecule has 2 heterocycles. The summed E-state index contributed by atoms with van der Waals surface area (Å²) in [7, 11) is 0.156. The minimum Gasteiger partial charge on any atom is -0.504 e. The summed E-state index contributed by atoms with van der Waals surface area (Å²) in [5.41, 5.74) is 1.55. The van der Waals surface area contributed by atoms with Gasteiger partial charge in [0.25, 0.3) is 0 Å². The van der Waals surface area contributed by atoms with Crippen molar-refractivity contribution in [1.29, 1.82) is 5.26 Å². The van der Waals surface area contributed by atoms with Crippen LogP contribution in [0.5, 0.6) is 11.5 Å². The zero-order valence-electron chi connectivity index (χ0n) is 20.9. The number of aromatic hydroxyl groups is 1. The smallest absolute Gasteiger partial charge is 0.316 e. The van der Waals surface area contributed by atoms with Gasteiger partial charge in [-0.1, -0.05) is 43.0 Å². The van der Waals surface area contributed by atoms with E-state index in [1.807, 2.05) is 0 Å². The summed E-state index contributed by atoms with van der Waals surface area (Å²) < 4.78 is 17.8. The van der Waals surface area contributed by atoms with E-state index in [4.69, 9.17) is 25.8 Å². The maximum atomic E-state index is 11.9. The van der Waals surface area contributed by atoms with Crippen LogP contribution in [0.4, 0.5) is 0 Å². The molecule has 3 aromatic rings. The van der Waals surface area contributed by atoms with E-state index < -0.39 is 14.0 Å². The molecule has 0 radical (unpaired) electrons. The predicted octanol–water partition coefficient (Wildman–Crippen LogP) is 5.31. The van der Waals surface area contributed by atoms with E-state index in [1.54, 1.807) is 17.7 Å². The highest BCUT2D eigenvalue weighted by atomic mass is 35.5. The summed E-state index contributed by atoms with van der Waals surface area (Å²) in [6, 6.07) is 6.11. The van der Waals surface area contributed by atoms with Crippen molar-refractivity contribution < 1.29 is 24.1 Å². The third-order valence-corrected chi connectivity index (χ3v) is 8.03. The molecule has 12 heteroatoms. The van der Waals surface area contributed by atoms with Gasteiger partial charge in [-0.2, -0.15) is 5.26 Å². The van der Waals surface area contributed by atoms with Gasteiger partial charge in [-0.25, -0.2) is 9.97 Å². The molecular formula is C24H29ClN4O5SSi. The van der Waals surface area contributed by atoms with Gasteiger partial charge < -0.3 is 23.9 Å². The summed E-state index contributed by atoms with van der Waals surface area (Å²) in [6.07, 6.45) is 1.66. The van der Waals surface area contributed by atoms with Crippen LogP contribution >= 0.6 is 23.4 Å². The Labute approximate surface area is 220 Å². The number of rotatable bonds is 11. The molecule has 0 atom stereocenters. The SMILES string of the molecule is CCOC(=O)CSc1nc(-c2cc(O)c(OC)cc2Cl)c2c(C#N)cn(COCC[Si](C)(C)C)c2n1. The number of phenolic OH excluding ortho intramolecular Hbond substituents is 1. The van der Waals surface area contributed by atoms with Crippen LogP contribution in [-0.2, 0) is 21.0 Å². The number of phenols is 1. The Kier molecular flexibility index (Phi) is 9.24. The lowest BCUT2D eigenvalue weighted by molar-refractivity contribution is -0.139. The van der Waals surface area contributed by atoms with Gasteiger partial charge in [-0.05, 0) is 19.0 Å². The van der Waals surface area contributed by atoms with Crippen molar-refractivity contribution in [3.8, 4) is 28.8 Å². The number of thioether (sulfide) groups is 1. The molecule has 2 aromatic heterocycles. The lowest BCUT2D eigenvalue weighted by Gasteiger charge is -2.16. The number of benzene rings is 1. The summed E-state index contributed by atoms with van der Waals surface area (Å²) in [5, 5.41) is 21.3. The molecular weight excluding hydrogens is 520 g/mol. The van der Waals surface area contributed by atoms with E-state index in [0.717, 1.165) is 17.8 Å². The number of hydrogen-bond donors (Lipinski definition) is 1. The average Bonchev–Trinajstić information content (AvgIpc) is 3.18. The second-order valence-corrected chi connectivity index (χ2v) is 16.1. The van der Waals surface area contributed by atoms with Crippen molar-refractivity contribution in [3.05, 3.63) is 28.9 Å². The van der Waals surface area contributed by atoms with Crippen molar-refractivity contribution >= 4 is 48.4 Å². The average molecular weight is 549 g/mol. The van der Waals surface area contributed by atoms with E-state index in [2.05, 4.69) is 35.7 Å². The van der Waals surface area contributed by atoms with E-state index in [9.17, 15) is 15.2 Å². The fourth-order valence-corrected chi connectivity index (χ4v) is 5.00. The molecule has 0 aliphatic rings. The van der Waals surface area contributed by atoms with Crippen molar-refractivity contribution in [2.24, 2.45) is 0 Å². The van der Waals surface area contributed by atoms with Crippen molar-refractivity contribution in [3.63, 3.8) is 0 Å². The summed E-state index contributed by atoms with van der Waals surface area (Å²) >= 11 is 7.65. The van der Waals surface area contributed by atoms with E-state index >= 15 is 0 Å². The minimum absolute atomic E-state index is 0.0128. The van der Waals surface area contributed by atoms with Crippen LogP contribution in [0.25, 0.3) is 22.3 Å². The molecule has 1 N–H and O–H groups in total. The molecule has 9 nitrogen and oxygen atoms in total. The number of methoxy groups -OCH3 is 1. The largest absolute Gasteiger partial charge is 0.504 e. The molecule has 192 valence electrons. The fourth-order valence-electron chi connectivity index (χ4n) is 3.36. The number of hydrogen-bond acceptors (Lipinski definition) is 9. The zero-order chi connectivity index (χ0) is 26.5. The maximum Gasteiger partial charge on any atom is 0.316 e. The van der Waals surface area contributed by atoms with Crippen molar-refractivity contribution in [2.75, 3.05) is 26.1 Å². The number of aromatic nitrogens is 3. The first-order chi connectivity index (χ1) is 17.1. The fraction of sp³-hybridized carbons (Fsp3) is 0.417. The first-order valence-corrected chi connectivity index (χ1v) is 16.4. The van der Waals surface area contributed by atoms with Gasteiger partial charge in [-0.3, -0.25) is 4.79 Å². The van der Waals surface area contributed by atoms with Crippen LogP contribution in [0.15, 0.2) is 23.5 Å². The van der Waals surface area contributed by atoms with Gasteiger partial charge in [0.1, 0.15) is 18.4 Å². The monoisotopic (exact) mass is 548 g/mol. The van der Waals surface area contributed by atoms with Gasteiger partial charge in [-0.15, -0.1) is 0 Å². The van der Waals surface area contributed by atoms with Gasteiger partial charge in [0.2, 0.25) is 0 Å². The van der Waals surface area contributed by atoms with E-state index in [1.165, 1.54) is 19.2 Å². The second kappa shape index (κ2) is 12.0. The van der Waals surface area contributed by atoms with Crippen molar-refractivity contribution in [1.82, 2.24) is 14.5 Å². The number of halogens is 1. The maximum absolute atomic E-state index is 11.9. The van der Waals surface area contributed by atoms with Crippen LogP contribution in [0, 0.1) is 11.3 Å². The molecule has 3 rings (SSSR count). The molecule has 0 aliphatic heterocycles. The minimum atomic E-state index is -1.27. The van der Waals surface area contributed by atoms with Crippen LogP contribution in [0.1, 0.15) is 12.5 Å². The topological polar surface area (TPSA) is 119 Å². The highest BCUT2D eigenvalue weighted by Gasteiger charge is 2.22. The lowest BCUT2D eigenvalue weighted by atomic mass is 10.1. The highest BCUT2D eigenvalue weighted by Crippen LogP contribution is 2.41. The Morgan fingerprint density at radius 2 is 2.06 bits per heavy atom. The van der Waals surface area contributed by atoms with E-state index in [-0.39, 0.29) is 35.6 Å². The first-order valence-electron chi connectivity index (χ1n) is 11.3. The first kappa shape index (κ1) is 27.8. The van der Waals surface area contributed by atoms with E-state index in [0.29, 0.717) is 39.6 Å². The zero-order valence-corrected chi connectivity index (χ0v) is 23.5. The molecule has 0 amide bonds. The molecule has 0 aliphatic carbocycles. The summed E-state index contributed by atoms with van der Waals surface area (Å²) in [5.74, 6) is -0.300. The quantitative estimate of drug-likeness (QED) is 0.112. The molecule has 0 saturated heterocycles. The second-order valence-electron chi connectivity index (χ2n) is 9.12. The molecule has 36 heavy (non-hydrogen) atoms. The standard InChI is InChI=1S/C24H29ClN4O5SSi/c1-6-34-20(31)13-35-24-27-22(16-9-18(30)19(32-2)10-17(16)25)21-15(11-26)12-29(23(21)28-24)14-33-7-8-36(3,4)5/h9-10,12,30H,6-8,13-14H2,1-5H3. The number of carbonyl (C=O) groups is 1. The van der Waals surface area contributed by atoms with Crippen molar-refractivity contribution in [2.45, 2.75) is 44.5 Å². The number of nitriles is 1. The summed E-state index contributed by atoms with van der Waals surface area (Å²) in [6.45, 7) is 9.62. The Hall–Kier alpha value is -2.78. The van der Waals surface area contributed by atoms with Crippen LogP contribution in [0.2, 0.25) is 30.7 Å². The molecule has 0 saturated carbocycles. The number of esters is 1. The molecule has 0 unspecified atom stereocenters. The number of fused-ring (bicyclic) bond motifs is 1.